The largest absolute Gasteiger partial charge is 1.00 e. The van der Waals surface area contributed by atoms with E-state index in [0.29, 0.717) is 11.5 Å². The van der Waals surface area contributed by atoms with Crippen LogP contribution in [0.5, 0.6) is 28.7 Å². The lowest BCUT2D eigenvalue weighted by Crippen LogP contribution is -3.00. The normalized spacial score (nSPS) is 13.8. The molecule has 0 saturated heterocycles. The molecule has 0 saturated carbocycles. The SMILES string of the molecule is COc1ccc(C2c3cc(OC)c(OC)cc3Cc3c4cc(OC)c(OC)cc4cc[n+]32)cc1.[Cl-]. The van der Waals surface area contributed by atoms with Crippen LogP contribution in [0.15, 0.2) is 60.8 Å². The van der Waals surface area contributed by atoms with Gasteiger partial charge in [0, 0.05) is 17.2 Å². The zero-order valence-corrected chi connectivity index (χ0v) is 21.2. The number of hydrogen-bond acceptors (Lipinski definition) is 5. The van der Waals surface area contributed by atoms with E-state index in [1.807, 2.05) is 18.2 Å². The smallest absolute Gasteiger partial charge is 0.209 e. The maximum Gasteiger partial charge on any atom is 0.209 e. The molecular formula is C28H28ClNO5. The Morgan fingerprint density at radius 2 is 1.29 bits per heavy atom. The van der Waals surface area contributed by atoms with Crippen LogP contribution in [0.3, 0.4) is 0 Å². The zero-order valence-electron chi connectivity index (χ0n) is 20.4. The fourth-order valence-corrected chi connectivity index (χ4v) is 4.90. The van der Waals surface area contributed by atoms with Crippen molar-refractivity contribution in [2.45, 2.75) is 12.5 Å². The minimum absolute atomic E-state index is 0. The van der Waals surface area contributed by atoms with Gasteiger partial charge in [-0.05, 0) is 59.5 Å². The van der Waals surface area contributed by atoms with E-state index in [1.54, 1.807) is 35.5 Å². The van der Waals surface area contributed by atoms with Crippen molar-refractivity contribution >= 4 is 10.8 Å². The Bertz CT molecular complexity index is 1370. The van der Waals surface area contributed by atoms with Gasteiger partial charge in [-0.1, -0.05) is 0 Å². The fourth-order valence-electron chi connectivity index (χ4n) is 4.90. The van der Waals surface area contributed by atoms with E-state index in [9.17, 15) is 0 Å². The molecule has 3 aromatic carbocycles. The maximum absolute atomic E-state index is 5.65. The highest BCUT2D eigenvalue weighted by Gasteiger charge is 2.36. The van der Waals surface area contributed by atoms with Crippen LogP contribution >= 0.6 is 0 Å². The highest BCUT2D eigenvalue weighted by atomic mass is 35.5. The number of methoxy groups -OCH3 is 5. The molecule has 0 aliphatic carbocycles. The van der Waals surface area contributed by atoms with Crippen molar-refractivity contribution in [3.05, 3.63) is 83.2 Å². The Labute approximate surface area is 211 Å². The topological polar surface area (TPSA) is 50.0 Å². The Hall–Kier alpha value is -3.64. The minimum Gasteiger partial charge on any atom is -1.00 e. The first-order valence-electron chi connectivity index (χ1n) is 11.1. The number of rotatable bonds is 6. The summed E-state index contributed by atoms with van der Waals surface area (Å²) >= 11 is 0. The van der Waals surface area contributed by atoms with Crippen molar-refractivity contribution in [1.29, 1.82) is 0 Å². The standard InChI is InChI=1S/C28H28NO5.ClH/c1-30-20-8-6-17(7-9-20)28-22-16-27(34-5)25(32-3)14-19(22)12-23-21-15-26(33-4)24(31-2)13-18(21)10-11-29(23)28;/h6-11,13-16,28H,12H2,1-5H3;1H/q+1;/p-1. The molecule has 4 aromatic rings. The van der Waals surface area contributed by atoms with Crippen LogP contribution < -0.4 is 40.7 Å². The van der Waals surface area contributed by atoms with E-state index < -0.39 is 0 Å². The Kier molecular flexibility index (Phi) is 6.94. The van der Waals surface area contributed by atoms with Gasteiger partial charge in [-0.25, -0.2) is 0 Å². The van der Waals surface area contributed by atoms with Crippen LogP contribution in [0, 0.1) is 0 Å². The van der Waals surface area contributed by atoms with Gasteiger partial charge in [0.1, 0.15) is 5.75 Å². The third kappa shape index (κ3) is 4.08. The highest BCUT2D eigenvalue weighted by molar-refractivity contribution is 5.87. The van der Waals surface area contributed by atoms with Crippen LogP contribution in [-0.2, 0) is 6.42 Å². The molecule has 1 aliphatic heterocycles. The average molecular weight is 494 g/mol. The van der Waals surface area contributed by atoms with Gasteiger partial charge < -0.3 is 36.1 Å². The summed E-state index contributed by atoms with van der Waals surface area (Å²) in [5, 5.41) is 2.22. The molecule has 35 heavy (non-hydrogen) atoms. The van der Waals surface area contributed by atoms with Gasteiger partial charge in [-0.15, -0.1) is 0 Å². The monoisotopic (exact) mass is 493 g/mol. The molecule has 0 radical (unpaired) electrons. The lowest BCUT2D eigenvalue weighted by atomic mass is 9.86. The number of fused-ring (bicyclic) bond motifs is 4. The first kappa shape index (κ1) is 24.5. The quantitative estimate of drug-likeness (QED) is 0.337. The number of ether oxygens (including phenoxy) is 5. The van der Waals surface area contributed by atoms with Crippen LogP contribution in [0.25, 0.3) is 10.8 Å². The third-order valence-corrected chi connectivity index (χ3v) is 6.60. The Balaban J connectivity index is 0.00000289. The van der Waals surface area contributed by atoms with Crippen molar-refractivity contribution < 1.29 is 40.7 Å². The van der Waals surface area contributed by atoms with Gasteiger partial charge in [0.05, 0.1) is 47.4 Å². The van der Waals surface area contributed by atoms with Crippen molar-refractivity contribution in [3.8, 4) is 28.7 Å². The van der Waals surface area contributed by atoms with Gasteiger partial charge in [0.25, 0.3) is 0 Å². The summed E-state index contributed by atoms with van der Waals surface area (Å²) in [5.74, 6) is 3.70. The van der Waals surface area contributed by atoms with Crippen LogP contribution in [0.1, 0.15) is 28.4 Å². The molecule has 7 heteroatoms. The number of aromatic nitrogens is 1. The zero-order chi connectivity index (χ0) is 23.8. The summed E-state index contributed by atoms with van der Waals surface area (Å²) in [6.07, 6.45) is 2.90. The number of nitrogens with zero attached hydrogens (tertiary/aromatic N) is 1. The summed E-state index contributed by atoms with van der Waals surface area (Å²) in [5.41, 5.74) is 4.72. The molecule has 0 amide bonds. The van der Waals surface area contributed by atoms with Crippen molar-refractivity contribution in [1.82, 2.24) is 0 Å². The van der Waals surface area contributed by atoms with Crippen LogP contribution in [0.2, 0.25) is 0 Å². The summed E-state index contributed by atoms with van der Waals surface area (Å²) in [4.78, 5) is 0. The van der Waals surface area contributed by atoms with Crippen LogP contribution in [-0.4, -0.2) is 35.5 Å². The lowest BCUT2D eigenvalue weighted by molar-refractivity contribution is -0.712. The van der Waals surface area contributed by atoms with Crippen molar-refractivity contribution in [2.75, 3.05) is 35.5 Å². The number of hydrogen-bond donors (Lipinski definition) is 0. The molecule has 1 aromatic heterocycles. The van der Waals surface area contributed by atoms with E-state index in [2.05, 4.69) is 47.2 Å². The third-order valence-electron chi connectivity index (χ3n) is 6.60. The van der Waals surface area contributed by atoms with Gasteiger partial charge in [-0.3, -0.25) is 0 Å². The molecular weight excluding hydrogens is 466 g/mol. The summed E-state index contributed by atoms with van der Waals surface area (Å²) in [6, 6.07) is 18.6. The number of benzene rings is 3. The molecule has 0 spiro atoms. The second-order valence-electron chi connectivity index (χ2n) is 8.22. The fraction of sp³-hybridized carbons (Fsp3) is 0.250. The molecule has 1 aliphatic rings. The van der Waals surface area contributed by atoms with E-state index in [4.69, 9.17) is 23.7 Å². The van der Waals surface area contributed by atoms with Crippen LogP contribution in [0.4, 0.5) is 0 Å². The van der Waals surface area contributed by atoms with Gasteiger partial charge in [0.2, 0.25) is 6.04 Å². The number of pyridine rings is 1. The van der Waals surface area contributed by atoms with E-state index in [0.717, 1.165) is 40.0 Å². The predicted molar refractivity (Wildman–Crippen MR) is 130 cm³/mol. The first-order valence-corrected chi connectivity index (χ1v) is 11.1. The molecule has 1 unspecified atom stereocenters. The molecule has 2 heterocycles. The molecule has 182 valence electrons. The second-order valence-corrected chi connectivity index (χ2v) is 8.22. The molecule has 5 rings (SSSR count). The van der Waals surface area contributed by atoms with Gasteiger partial charge in [-0.2, -0.15) is 4.57 Å². The lowest BCUT2D eigenvalue weighted by Gasteiger charge is -2.26. The summed E-state index contributed by atoms with van der Waals surface area (Å²) < 4.78 is 30.2. The Morgan fingerprint density at radius 3 is 1.91 bits per heavy atom. The van der Waals surface area contributed by atoms with E-state index in [1.165, 1.54) is 16.8 Å². The molecule has 0 bridgehead atoms. The maximum atomic E-state index is 5.65. The van der Waals surface area contributed by atoms with Gasteiger partial charge >= 0.3 is 0 Å². The Morgan fingerprint density at radius 1 is 0.686 bits per heavy atom. The van der Waals surface area contributed by atoms with Gasteiger partial charge in [0.15, 0.2) is 34.9 Å². The van der Waals surface area contributed by atoms with E-state index >= 15 is 0 Å². The average Bonchev–Trinajstić information content (AvgIpc) is 2.90. The molecule has 1 atom stereocenters. The van der Waals surface area contributed by atoms with Crippen molar-refractivity contribution in [3.63, 3.8) is 0 Å². The number of halogens is 1. The summed E-state index contributed by atoms with van der Waals surface area (Å²) in [6.45, 7) is 0. The van der Waals surface area contributed by atoms with E-state index in [-0.39, 0.29) is 18.4 Å². The molecule has 0 N–H and O–H groups in total. The molecule has 6 nitrogen and oxygen atoms in total. The first-order chi connectivity index (χ1) is 16.6. The summed E-state index contributed by atoms with van der Waals surface area (Å²) in [7, 11) is 8.35. The predicted octanol–water partition coefficient (Wildman–Crippen LogP) is 1.72. The highest BCUT2D eigenvalue weighted by Crippen LogP contribution is 2.41. The second kappa shape index (κ2) is 9.92. The van der Waals surface area contributed by atoms with Crippen molar-refractivity contribution in [2.24, 2.45) is 0 Å². The molecule has 0 fully saturated rings. The minimum atomic E-state index is -0.0399.